The molecule has 0 heterocycles. The van der Waals surface area contributed by atoms with Crippen molar-refractivity contribution in [2.24, 2.45) is 0 Å². The van der Waals surface area contributed by atoms with E-state index in [-0.39, 0.29) is 17.3 Å². The van der Waals surface area contributed by atoms with Crippen LogP contribution in [0.2, 0.25) is 0 Å². The fourth-order valence-electron chi connectivity index (χ4n) is 5.07. The monoisotopic (exact) mass is 670 g/mol. The van der Waals surface area contributed by atoms with Gasteiger partial charge in [0.2, 0.25) is 5.91 Å². The molecule has 1 unspecified atom stereocenters. The molecule has 0 radical (unpaired) electrons. The first-order valence-electron chi connectivity index (χ1n) is 15.6. The van der Waals surface area contributed by atoms with E-state index in [1.807, 2.05) is 68.4 Å². The number of hydrogen-bond acceptors (Lipinski definition) is 6. The molecule has 0 spiro atoms. The molecule has 5 rings (SSSR count). The highest BCUT2D eigenvalue weighted by atomic mass is 32.2. The number of carbonyl (C=O) groups is 3. The standard InChI is InChI=1S/C39H34N4O5S/c1-3-28-17-10-12-26(2)35(28)42-39(46)36(29-13-6-4-7-14-29)49-33-19-11-18-31(25-33)40-38(45)34(41-37(44)30-15-8-5-9-16-30)24-27-20-22-32(23-21-27)43(47)48/h4-25,36H,3H2,1-2H3,(H,40,45)(H,41,44)(H,42,46)/b34-24+. The summed E-state index contributed by atoms with van der Waals surface area (Å²) in [4.78, 5) is 51.9. The highest BCUT2D eigenvalue weighted by Gasteiger charge is 2.24. The summed E-state index contributed by atoms with van der Waals surface area (Å²) in [5, 5.41) is 19.2. The first kappa shape index (κ1) is 34.3. The van der Waals surface area contributed by atoms with Crippen LogP contribution in [0.15, 0.2) is 138 Å². The summed E-state index contributed by atoms with van der Waals surface area (Å²) in [6.45, 7) is 4.02. The van der Waals surface area contributed by atoms with Crippen molar-refractivity contribution in [1.82, 2.24) is 5.32 Å². The molecule has 246 valence electrons. The molecule has 3 amide bonds. The summed E-state index contributed by atoms with van der Waals surface area (Å²) in [5.74, 6) is -1.27. The second-order valence-electron chi connectivity index (χ2n) is 11.1. The molecule has 0 aliphatic heterocycles. The van der Waals surface area contributed by atoms with E-state index in [1.54, 1.807) is 48.5 Å². The minimum Gasteiger partial charge on any atom is -0.324 e. The number of nitrogens with one attached hydrogen (secondary N) is 3. The number of anilines is 2. The van der Waals surface area contributed by atoms with Crippen LogP contribution in [0, 0.1) is 17.0 Å². The number of nitrogens with zero attached hydrogens (tertiary/aromatic N) is 1. The maximum Gasteiger partial charge on any atom is 0.272 e. The van der Waals surface area contributed by atoms with Gasteiger partial charge in [-0.25, -0.2) is 0 Å². The molecule has 0 aliphatic carbocycles. The Labute approximate surface area is 288 Å². The van der Waals surface area contributed by atoms with Crippen LogP contribution in [0.4, 0.5) is 17.1 Å². The Morgan fingerprint density at radius 2 is 1.49 bits per heavy atom. The lowest BCUT2D eigenvalue weighted by atomic mass is 10.1. The lowest BCUT2D eigenvalue weighted by Crippen LogP contribution is -2.30. The largest absolute Gasteiger partial charge is 0.324 e. The Morgan fingerprint density at radius 1 is 0.816 bits per heavy atom. The van der Waals surface area contributed by atoms with E-state index in [0.29, 0.717) is 16.8 Å². The number of amides is 3. The van der Waals surface area contributed by atoms with Gasteiger partial charge in [-0.1, -0.05) is 79.7 Å². The quantitative estimate of drug-likeness (QED) is 0.0529. The zero-order valence-corrected chi connectivity index (χ0v) is 27.7. The average molecular weight is 671 g/mol. The van der Waals surface area contributed by atoms with Crippen LogP contribution in [0.25, 0.3) is 6.08 Å². The number of para-hydroxylation sites is 1. The van der Waals surface area contributed by atoms with Gasteiger partial charge in [-0.05, 0) is 84.1 Å². The van der Waals surface area contributed by atoms with Gasteiger partial charge < -0.3 is 16.0 Å². The Kier molecular flexibility index (Phi) is 11.4. The minimum atomic E-state index is -0.603. The van der Waals surface area contributed by atoms with Crippen LogP contribution < -0.4 is 16.0 Å². The van der Waals surface area contributed by atoms with Crippen molar-refractivity contribution in [1.29, 1.82) is 0 Å². The third kappa shape index (κ3) is 9.09. The van der Waals surface area contributed by atoms with Crippen LogP contribution in [0.5, 0.6) is 0 Å². The van der Waals surface area contributed by atoms with Crippen LogP contribution in [0.3, 0.4) is 0 Å². The summed E-state index contributed by atoms with van der Waals surface area (Å²) in [7, 11) is 0. The summed E-state index contributed by atoms with van der Waals surface area (Å²) in [5.41, 5.74) is 4.77. The molecular formula is C39H34N4O5S. The molecule has 10 heteroatoms. The van der Waals surface area contributed by atoms with E-state index in [4.69, 9.17) is 0 Å². The molecule has 5 aromatic carbocycles. The van der Waals surface area contributed by atoms with Crippen molar-refractivity contribution in [3.8, 4) is 0 Å². The number of nitro benzene ring substituents is 1. The van der Waals surface area contributed by atoms with Crippen molar-refractivity contribution in [3.05, 3.63) is 171 Å². The molecule has 49 heavy (non-hydrogen) atoms. The number of non-ortho nitro benzene ring substituents is 1. The van der Waals surface area contributed by atoms with Crippen LogP contribution >= 0.6 is 11.8 Å². The van der Waals surface area contributed by atoms with Gasteiger partial charge in [0.15, 0.2) is 0 Å². The van der Waals surface area contributed by atoms with E-state index in [1.165, 1.54) is 42.1 Å². The second kappa shape index (κ2) is 16.2. The SMILES string of the molecule is CCc1cccc(C)c1NC(=O)C(Sc1cccc(NC(=O)/C(=C\c2ccc([N+](=O)[O-])cc2)NC(=O)c2ccccc2)c1)c1ccccc1. The summed E-state index contributed by atoms with van der Waals surface area (Å²) in [6, 6.07) is 36.6. The molecular weight excluding hydrogens is 637 g/mol. The lowest BCUT2D eigenvalue weighted by Gasteiger charge is -2.20. The Hall–Kier alpha value is -6.00. The normalized spacial score (nSPS) is 11.7. The Morgan fingerprint density at radius 3 is 2.16 bits per heavy atom. The molecule has 0 fully saturated rings. The van der Waals surface area contributed by atoms with Gasteiger partial charge >= 0.3 is 0 Å². The first-order valence-corrected chi connectivity index (χ1v) is 16.4. The topological polar surface area (TPSA) is 130 Å². The number of nitro groups is 1. The lowest BCUT2D eigenvalue weighted by molar-refractivity contribution is -0.384. The van der Waals surface area contributed by atoms with Gasteiger partial charge in [0, 0.05) is 34.0 Å². The van der Waals surface area contributed by atoms with Crippen molar-refractivity contribution in [3.63, 3.8) is 0 Å². The molecule has 3 N–H and O–H groups in total. The highest BCUT2D eigenvalue weighted by Crippen LogP contribution is 2.38. The number of thioether (sulfide) groups is 1. The molecule has 0 saturated carbocycles. The number of carbonyl (C=O) groups excluding carboxylic acids is 3. The summed E-state index contributed by atoms with van der Waals surface area (Å²) >= 11 is 1.35. The molecule has 0 saturated heterocycles. The van der Waals surface area contributed by atoms with E-state index < -0.39 is 22.0 Å². The van der Waals surface area contributed by atoms with Crippen LogP contribution in [-0.4, -0.2) is 22.6 Å². The van der Waals surface area contributed by atoms with E-state index in [0.717, 1.165) is 33.7 Å². The van der Waals surface area contributed by atoms with Gasteiger partial charge in [-0.2, -0.15) is 0 Å². The second-order valence-corrected chi connectivity index (χ2v) is 12.2. The summed E-state index contributed by atoms with van der Waals surface area (Å²) < 4.78 is 0. The molecule has 5 aromatic rings. The van der Waals surface area contributed by atoms with Crippen molar-refractivity contribution < 1.29 is 19.3 Å². The van der Waals surface area contributed by atoms with Gasteiger partial charge in [0.1, 0.15) is 10.9 Å². The maximum absolute atomic E-state index is 13.9. The fraction of sp³-hybridized carbons (Fsp3) is 0.103. The van der Waals surface area contributed by atoms with Gasteiger partial charge in [-0.15, -0.1) is 11.8 Å². The Balaban J connectivity index is 1.40. The van der Waals surface area contributed by atoms with E-state index in [9.17, 15) is 24.5 Å². The zero-order valence-electron chi connectivity index (χ0n) is 26.9. The molecule has 0 aromatic heterocycles. The molecule has 9 nitrogen and oxygen atoms in total. The number of aryl methyl sites for hydroxylation is 2. The number of benzene rings is 5. The van der Waals surface area contributed by atoms with E-state index >= 15 is 0 Å². The Bertz CT molecular complexity index is 2000. The average Bonchev–Trinajstić information content (AvgIpc) is 3.12. The van der Waals surface area contributed by atoms with Crippen molar-refractivity contribution in [2.45, 2.75) is 30.4 Å². The summed E-state index contributed by atoms with van der Waals surface area (Å²) in [6.07, 6.45) is 2.22. The fourth-order valence-corrected chi connectivity index (χ4v) is 6.16. The highest BCUT2D eigenvalue weighted by molar-refractivity contribution is 8.00. The number of rotatable bonds is 12. The van der Waals surface area contributed by atoms with Crippen molar-refractivity contribution >= 4 is 52.6 Å². The van der Waals surface area contributed by atoms with Gasteiger partial charge in [-0.3, -0.25) is 24.5 Å². The molecule has 0 aliphatic rings. The predicted octanol–water partition coefficient (Wildman–Crippen LogP) is 8.35. The predicted molar refractivity (Wildman–Crippen MR) is 194 cm³/mol. The minimum absolute atomic E-state index is 0.0627. The molecule has 1 atom stereocenters. The third-order valence-corrected chi connectivity index (χ3v) is 8.87. The first-order chi connectivity index (χ1) is 23.7. The third-order valence-electron chi connectivity index (χ3n) is 7.62. The van der Waals surface area contributed by atoms with Crippen LogP contribution in [-0.2, 0) is 16.0 Å². The van der Waals surface area contributed by atoms with Crippen molar-refractivity contribution in [2.75, 3.05) is 10.6 Å². The van der Waals surface area contributed by atoms with Gasteiger partial charge in [0.05, 0.1) is 4.92 Å². The number of hydrogen-bond donors (Lipinski definition) is 3. The molecule has 0 bridgehead atoms. The van der Waals surface area contributed by atoms with Gasteiger partial charge in [0.25, 0.3) is 17.5 Å². The zero-order chi connectivity index (χ0) is 34.8. The van der Waals surface area contributed by atoms with Crippen LogP contribution in [0.1, 0.15) is 44.8 Å². The maximum atomic E-state index is 13.9. The smallest absolute Gasteiger partial charge is 0.272 e. The van der Waals surface area contributed by atoms with E-state index in [2.05, 4.69) is 16.0 Å².